The minimum atomic E-state index is 0.00209. The number of aromatic nitrogens is 8. The first-order chi connectivity index (χ1) is 27.2. The second-order valence-corrected chi connectivity index (χ2v) is 16.1. The fourth-order valence-electron chi connectivity index (χ4n) is 8.21. The predicted molar refractivity (Wildman–Crippen MR) is 207 cm³/mol. The number of fused-ring (bicyclic) bond motifs is 4. The Hall–Kier alpha value is -4.76. The van der Waals surface area contributed by atoms with Gasteiger partial charge in [-0.1, -0.05) is 56.7 Å². The third-order valence-electron chi connectivity index (χ3n) is 11.1. The van der Waals surface area contributed by atoms with Crippen LogP contribution in [0.4, 0.5) is 0 Å². The van der Waals surface area contributed by atoms with Crippen LogP contribution in [0.25, 0.3) is 23.0 Å². The van der Waals surface area contributed by atoms with Crippen LogP contribution in [0.3, 0.4) is 0 Å². The molecule has 14 nitrogen and oxygen atoms in total. The third-order valence-corrected chi connectivity index (χ3v) is 11.9. The molecular formula is C38H34Cl4N10O4. The highest BCUT2D eigenvalue weighted by molar-refractivity contribution is 6.31. The van der Waals surface area contributed by atoms with Gasteiger partial charge in [0.15, 0.2) is 0 Å². The van der Waals surface area contributed by atoms with Gasteiger partial charge >= 0.3 is 0 Å². The molecular weight excluding hydrogens is 802 g/mol. The lowest BCUT2D eigenvalue weighted by molar-refractivity contribution is 0.0562. The first-order valence-corrected chi connectivity index (χ1v) is 20.0. The molecule has 2 N–H and O–H groups in total. The summed E-state index contributed by atoms with van der Waals surface area (Å²) in [6.07, 6.45) is 10.2. The number of pyridine rings is 2. The maximum atomic E-state index is 13.1. The Labute approximate surface area is 340 Å². The van der Waals surface area contributed by atoms with Crippen molar-refractivity contribution < 1.29 is 18.6 Å². The highest BCUT2D eigenvalue weighted by Crippen LogP contribution is 2.37. The largest absolute Gasteiger partial charge is 0.357 e. The highest BCUT2D eigenvalue weighted by Gasteiger charge is 2.39. The lowest BCUT2D eigenvalue weighted by atomic mass is 9.91. The van der Waals surface area contributed by atoms with Crippen molar-refractivity contribution in [2.24, 2.45) is 0 Å². The first kappa shape index (κ1) is 36.9. The Balaban J connectivity index is 0.000000146. The molecule has 18 heteroatoms. The summed E-state index contributed by atoms with van der Waals surface area (Å²) in [5.74, 6) is 2.05. The van der Waals surface area contributed by atoms with E-state index in [9.17, 15) is 9.59 Å². The van der Waals surface area contributed by atoms with E-state index in [2.05, 4.69) is 40.2 Å². The number of H-pyrrole nitrogens is 2. The van der Waals surface area contributed by atoms with Crippen molar-refractivity contribution in [2.45, 2.75) is 75.3 Å². The summed E-state index contributed by atoms with van der Waals surface area (Å²) in [6, 6.07) is 10.8. The maximum Gasteiger partial charge on any atom is 0.255 e. The SMILES string of the molecule is O=C1c2ccc(Cl)nc2CC[C@@H]2CC[C@H](c3nc(-c4cc(Cl)c[nH]4)no3)CN12.O=C1c2ccc(Cl)nc2CC[C@H]2CC[C@@H](c3nc(-c4cc(Cl)c[nH]4)no3)CN12. The van der Waals surface area contributed by atoms with Crippen molar-refractivity contribution >= 4 is 58.2 Å². The number of hydrogen-bond acceptors (Lipinski definition) is 10. The number of nitrogens with zero attached hydrogens (tertiary/aromatic N) is 8. The summed E-state index contributed by atoms with van der Waals surface area (Å²) < 4.78 is 11.0. The molecule has 6 aromatic rings. The van der Waals surface area contributed by atoms with Crippen LogP contribution in [0, 0.1) is 0 Å². The molecule has 2 amide bonds. The fourth-order valence-corrected chi connectivity index (χ4v) is 8.86. The number of nitrogens with one attached hydrogen (secondary N) is 2. The van der Waals surface area contributed by atoms with E-state index in [-0.39, 0.29) is 35.7 Å². The van der Waals surface area contributed by atoms with Gasteiger partial charge < -0.3 is 28.8 Å². The van der Waals surface area contributed by atoms with Crippen LogP contribution in [0.2, 0.25) is 20.4 Å². The normalized spacial score (nSPS) is 21.9. The van der Waals surface area contributed by atoms with E-state index in [1.807, 2.05) is 9.80 Å². The molecule has 0 saturated carbocycles. The molecule has 0 radical (unpaired) electrons. The summed E-state index contributed by atoms with van der Waals surface area (Å²) in [5, 5.41) is 10.1. The average Bonchev–Trinajstić information content (AvgIpc) is 4.03. The van der Waals surface area contributed by atoms with Crippen LogP contribution in [-0.4, -0.2) is 87.0 Å². The van der Waals surface area contributed by atoms with E-state index in [1.54, 1.807) is 48.8 Å². The van der Waals surface area contributed by atoms with Gasteiger partial charge in [0.25, 0.3) is 11.8 Å². The van der Waals surface area contributed by atoms with Crippen molar-refractivity contribution in [3.05, 3.63) is 103 Å². The van der Waals surface area contributed by atoms with Crippen LogP contribution in [0.15, 0.2) is 57.8 Å². The second-order valence-electron chi connectivity index (χ2n) is 14.5. The molecule has 10 rings (SSSR count). The zero-order valence-corrected chi connectivity index (χ0v) is 32.7. The standard InChI is InChI=1S/2C19H17Cl2N5O2/c2*20-11-7-15(22-8-11)17-24-18(28-25-17)10-1-2-12-3-5-14-13(4-6-16(21)23-14)19(27)26(12)9-10/h2*4,6-8,10,12,22H,1-3,5,9H2/t2*10-,12-/m10/s1. The number of carbonyl (C=O) groups excluding carboxylic acids is 2. The molecule has 56 heavy (non-hydrogen) atoms. The van der Waals surface area contributed by atoms with Crippen LogP contribution in [0.1, 0.15) is 94.2 Å². The number of halogens is 4. The van der Waals surface area contributed by atoms with E-state index in [0.717, 1.165) is 62.8 Å². The Morgan fingerprint density at radius 3 is 1.45 bits per heavy atom. The molecule has 2 saturated heterocycles. The average molecular weight is 837 g/mol. The van der Waals surface area contributed by atoms with Gasteiger partial charge in [-0.2, -0.15) is 9.97 Å². The fraction of sp³-hybridized carbons (Fsp3) is 0.368. The molecule has 4 aliphatic heterocycles. The Kier molecular flexibility index (Phi) is 10.1. The molecule has 0 spiro atoms. The number of piperidine rings is 2. The Bertz CT molecular complexity index is 2260. The van der Waals surface area contributed by atoms with Crippen molar-refractivity contribution in [3.63, 3.8) is 0 Å². The molecule has 0 aromatic carbocycles. The van der Waals surface area contributed by atoms with Crippen molar-refractivity contribution in [3.8, 4) is 23.0 Å². The number of carbonyl (C=O) groups is 2. The summed E-state index contributed by atoms with van der Waals surface area (Å²) in [5.41, 5.74) is 4.26. The lowest BCUT2D eigenvalue weighted by Crippen LogP contribution is -2.45. The monoisotopic (exact) mass is 834 g/mol. The zero-order chi connectivity index (χ0) is 38.5. The molecule has 0 bridgehead atoms. The van der Waals surface area contributed by atoms with Crippen molar-refractivity contribution in [1.29, 1.82) is 0 Å². The molecule has 6 aromatic heterocycles. The number of amides is 2. The number of aromatic amines is 2. The van der Waals surface area contributed by atoms with E-state index < -0.39 is 0 Å². The van der Waals surface area contributed by atoms with Gasteiger partial charge in [0.05, 0.1) is 55.8 Å². The van der Waals surface area contributed by atoms with Crippen LogP contribution < -0.4 is 0 Å². The van der Waals surface area contributed by atoms with Gasteiger partial charge in [0.1, 0.15) is 10.3 Å². The summed E-state index contributed by atoms with van der Waals surface area (Å²) in [6.45, 7) is 1.11. The van der Waals surface area contributed by atoms with Gasteiger partial charge in [-0.3, -0.25) is 9.59 Å². The number of aryl methyl sites for hydroxylation is 2. The second kappa shape index (κ2) is 15.3. The molecule has 2 fully saturated rings. The smallest absolute Gasteiger partial charge is 0.255 e. The van der Waals surface area contributed by atoms with E-state index in [0.29, 0.717) is 79.4 Å². The number of rotatable bonds is 4. The molecule has 4 atom stereocenters. The van der Waals surface area contributed by atoms with Gasteiger partial charge in [0.2, 0.25) is 23.4 Å². The minimum absolute atomic E-state index is 0.00209. The lowest BCUT2D eigenvalue weighted by Gasteiger charge is -2.37. The van der Waals surface area contributed by atoms with E-state index >= 15 is 0 Å². The van der Waals surface area contributed by atoms with Crippen molar-refractivity contribution in [1.82, 2.24) is 50.0 Å². The Morgan fingerprint density at radius 1 is 0.589 bits per heavy atom. The zero-order valence-electron chi connectivity index (χ0n) is 29.7. The molecule has 4 aliphatic rings. The van der Waals surface area contributed by atoms with E-state index in [4.69, 9.17) is 55.4 Å². The molecule has 0 aliphatic carbocycles. The molecule has 288 valence electrons. The quantitative estimate of drug-likeness (QED) is 0.165. The van der Waals surface area contributed by atoms with Crippen LogP contribution in [0.5, 0.6) is 0 Å². The van der Waals surface area contributed by atoms with Gasteiger partial charge in [0, 0.05) is 37.6 Å². The summed E-state index contributed by atoms with van der Waals surface area (Å²) in [7, 11) is 0. The number of hydrogen-bond donors (Lipinski definition) is 2. The van der Waals surface area contributed by atoms with Gasteiger partial charge in [-0.25, -0.2) is 9.97 Å². The van der Waals surface area contributed by atoms with Crippen LogP contribution >= 0.6 is 46.4 Å². The highest BCUT2D eigenvalue weighted by atomic mass is 35.5. The first-order valence-electron chi connectivity index (χ1n) is 18.5. The molecule has 0 unspecified atom stereocenters. The van der Waals surface area contributed by atoms with Crippen molar-refractivity contribution in [2.75, 3.05) is 13.1 Å². The minimum Gasteiger partial charge on any atom is -0.357 e. The topological polar surface area (TPSA) is 176 Å². The maximum absolute atomic E-state index is 13.1. The van der Waals surface area contributed by atoms with Gasteiger partial charge in [-0.15, -0.1) is 0 Å². The summed E-state index contributed by atoms with van der Waals surface area (Å²) >= 11 is 23.9. The molecule has 10 heterocycles. The Morgan fingerprint density at radius 2 is 1.04 bits per heavy atom. The van der Waals surface area contributed by atoms with Gasteiger partial charge in [-0.05, 0) is 87.8 Å². The predicted octanol–water partition coefficient (Wildman–Crippen LogP) is 8.20. The van der Waals surface area contributed by atoms with Crippen LogP contribution in [-0.2, 0) is 12.8 Å². The van der Waals surface area contributed by atoms with E-state index in [1.165, 1.54) is 0 Å². The third kappa shape index (κ3) is 7.31. The summed E-state index contributed by atoms with van der Waals surface area (Å²) in [4.78, 5) is 54.0.